The van der Waals surface area contributed by atoms with Crippen LogP contribution >= 0.6 is 0 Å². The topological polar surface area (TPSA) is 84.3 Å². The van der Waals surface area contributed by atoms with Crippen molar-refractivity contribution in [2.24, 2.45) is 0 Å². The number of hydrogen-bond donors (Lipinski definition) is 1. The minimum Gasteiger partial charge on any atom is -0.322 e. The van der Waals surface area contributed by atoms with Crippen LogP contribution in [0.15, 0.2) is 48.7 Å². The van der Waals surface area contributed by atoms with Gasteiger partial charge in [0.25, 0.3) is 5.91 Å². The number of nitrogens with one attached hydrogen (secondary N) is 1. The molecule has 30 heavy (non-hydrogen) atoms. The van der Waals surface area contributed by atoms with Crippen molar-refractivity contribution >= 4 is 17.7 Å². The van der Waals surface area contributed by atoms with Crippen molar-refractivity contribution in [3.05, 3.63) is 65.4 Å². The predicted molar refractivity (Wildman–Crippen MR) is 108 cm³/mol. The first-order valence-electron chi connectivity index (χ1n) is 10.0. The van der Waals surface area contributed by atoms with Crippen molar-refractivity contribution in [2.45, 2.75) is 32.0 Å². The number of piperidine rings is 1. The number of imide groups is 1. The Morgan fingerprint density at radius 3 is 2.67 bits per heavy atom. The SMILES string of the molecule is O=C1CC[C@@H](N2Cc3cc(-c4cnn5c4-c4ccccc4C5)ccc3C2=O)C(=O)N1. The molecule has 4 heterocycles. The van der Waals surface area contributed by atoms with Crippen molar-refractivity contribution in [2.75, 3.05) is 0 Å². The highest BCUT2D eigenvalue weighted by Crippen LogP contribution is 2.40. The molecule has 0 spiro atoms. The van der Waals surface area contributed by atoms with E-state index in [2.05, 4.69) is 22.5 Å². The Morgan fingerprint density at radius 1 is 0.933 bits per heavy atom. The van der Waals surface area contributed by atoms with Gasteiger partial charge in [-0.05, 0) is 35.2 Å². The van der Waals surface area contributed by atoms with Crippen molar-refractivity contribution < 1.29 is 14.4 Å². The van der Waals surface area contributed by atoms with E-state index in [-0.39, 0.29) is 18.2 Å². The lowest BCUT2D eigenvalue weighted by Gasteiger charge is -2.29. The van der Waals surface area contributed by atoms with Gasteiger partial charge in [-0.1, -0.05) is 30.3 Å². The van der Waals surface area contributed by atoms with Gasteiger partial charge in [0.2, 0.25) is 11.8 Å². The fourth-order valence-corrected chi connectivity index (χ4v) is 4.79. The molecule has 3 aliphatic rings. The summed E-state index contributed by atoms with van der Waals surface area (Å²) in [4.78, 5) is 38.2. The van der Waals surface area contributed by atoms with Crippen molar-refractivity contribution in [3.8, 4) is 22.4 Å². The summed E-state index contributed by atoms with van der Waals surface area (Å²) in [5.41, 5.74) is 7.09. The van der Waals surface area contributed by atoms with Crippen LogP contribution in [0.25, 0.3) is 22.4 Å². The van der Waals surface area contributed by atoms with Crippen LogP contribution in [0.3, 0.4) is 0 Å². The third-order valence-electron chi connectivity index (χ3n) is 6.27. The number of amides is 3. The molecule has 1 N–H and O–H groups in total. The Kier molecular flexibility index (Phi) is 3.50. The molecule has 3 aliphatic heterocycles. The Bertz CT molecular complexity index is 1260. The van der Waals surface area contributed by atoms with Crippen LogP contribution in [-0.2, 0) is 22.7 Å². The van der Waals surface area contributed by atoms with Crippen LogP contribution in [0.1, 0.15) is 34.3 Å². The van der Waals surface area contributed by atoms with E-state index in [1.807, 2.05) is 41.2 Å². The van der Waals surface area contributed by atoms with E-state index in [4.69, 9.17) is 0 Å². The van der Waals surface area contributed by atoms with Crippen LogP contribution in [0, 0.1) is 0 Å². The molecule has 2 aromatic carbocycles. The van der Waals surface area contributed by atoms with Gasteiger partial charge in [-0.3, -0.25) is 24.4 Å². The van der Waals surface area contributed by atoms with E-state index in [9.17, 15) is 14.4 Å². The molecule has 7 heteroatoms. The first-order chi connectivity index (χ1) is 14.6. The summed E-state index contributed by atoms with van der Waals surface area (Å²) < 4.78 is 2.01. The molecule has 3 aromatic rings. The van der Waals surface area contributed by atoms with Gasteiger partial charge in [0.15, 0.2) is 0 Å². The quantitative estimate of drug-likeness (QED) is 0.526. The molecule has 1 saturated heterocycles. The molecule has 6 rings (SSSR count). The average Bonchev–Trinajstić information content (AvgIpc) is 3.40. The van der Waals surface area contributed by atoms with Crippen LogP contribution in [0.4, 0.5) is 0 Å². The minimum atomic E-state index is -0.599. The summed E-state index contributed by atoms with van der Waals surface area (Å²) >= 11 is 0. The van der Waals surface area contributed by atoms with Gasteiger partial charge < -0.3 is 4.90 Å². The van der Waals surface area contributed by atoms with Gasteiger partial charge in [0.05, 0.1) is 18.4 Å². The highest BCUT2D eigenvalue weighted by molar-refractivity contribution is 6.05. The lowest BCUT2D eigenvalue weighted by molar-refractivity contribution is -0.136. The number of rotatable bonds is 2. The van der Waals surface area contributed by atoms with Crippen LogP contribution in [0.2, 0.25) is 0 Å². The van der Waals surface area contributed by atoms with Gasteiger partial charge in [0, 0.05) is 29.7 Å². The smallest absolute Gasteiger partial charge is 0.255 e. The number of fused-ring (bicyclic) bond motifs is 4. The second-order valence-corrected chi connectivity index (χ2v) is 7.99. The number of carbonyl (C=O) groups is 3. The molecule has 1 atom stereocenters. The Balaban J connectivity index is 1.35. The van der Waals surface area contributed by atoms with Crippen molar-refractivity contribution in [1.82, 2.24) is 20.0 Å². The Labute approximate surface area is 172 Å². The first kappa shape index (κ1) is 17.1. The summed E-state index contributed by atoms with van der Waals surface area (Å²) in [6, 6.07) is 13.5. The molecule has 0 bridgehead atoms. The molecule has 1 aromatic heterocycles. The number of nitrogens with zero attached hydrogens (tertiary/aromatic N) is 3. The Morgan fingerprint density at radius 2 is 1.80 bits per heavy atom. The van der Waals surface area contributed by atoms with E-state index in [1.54, 1.807) is 4.90 Å². The molecule has 0 radical (unpaired) electrons. The van der Waals surface area contributed by atoms with Crippen LogP contribution < -0.4 is 5.32 Å². The molecule has 0 saturated carbocycles. The minimum absolute atomic E-state index is 0.156. The molecule has 0 unspecified atom stereocenters. The lowest BCUT2D eigenvalue weighted by Crippen LogP contribution is -2.52. The third kappa shape index (κ3) is 2.38. The zero-order valence-corrected chi connectivity index (χ0v) is 16.1. The maximum Gasteiger partial charge on any atom is 0.255 e. The van der Waals surface area contributed by atoms with E-state index in [0.717, 1.165) is 28.9 Å². The standard InChI is InChI=1S/C23H18N4O3/c28-20-8-7-19(22(29)25-20)26-11-15-9-13(5-6-17(15)23(26)30)18-10-24-27-12-14-3-1-2-4-16(14)21(18)27/h1-6,9-10,19H,7-8,11-12H2,(H,25,28,29)/t19-/m1/s1. The zero-order chi connectivity index (χ0) is 20.4. The highest BCUT2D eigenvalue weighted by Gasteiger charge is 2.39. The second kappa shape index (κ2) is 6.13. The number of benzene rings is 2. The maximum absolute atomic E-state index is 12.9. The molecular weight excluding hydrogens is 380 g/mol. The van der Waals surface area contributed by atoms with Gasteiger partial charge >= 0.3 is 0 Å². The predicted octanol–water partition coefficient (Wildman–Crippen LogP) is 2.34. The molecule has 7 nitrogen and oxygen atoms in total. The van der Waals surface area contributed by atoms with E-state index < -0.39 is 11.9 Å². The van der Waals surface area contributed by atoms with E-state index in [0.29, 0.717) is 18.5 Å². The molecule has 1 fully saturated rings. The van der Waals surface area contributed by atoms with Gasteiger partial charge in [0.1, 0.15) is 6.04 Å². The summed E-state index contributed by atoms with van der Waals surface area (Å²) in [6.45, 7) is 1.13. The van der Waals surface area contributed by atoms with Crippen LogP contribution in [0.5, 0.6) is 0 Å². The second-order valence-electron chi connectivity index (χ2n) is 7.99. The Hall–Kier alpha value is -3.74. The van der Waals surface area contributed by atoms with Crippen LogP contribution in [-0.4, -0.2) is 38.4 Å². The highest BCUT2D eigenvalue weighted by atomic mass is 16.2. The summed E-state index contributed by atoms with van der Waals surface area (Å²) in [7, 11) is 0. The fourth-order valence-electron chi connectivity index (χ4n) is 4.79. The average molecular weight is 398 g/mol. The molecule has 3 amide bonds. The molecule has 148 valence electrons. The third-order valence-corrected chi connectivity index (χ3v) is 6.27. The largest absolute Gasteiger partial charge is 0.322 e. The maximum atomic E-state index is 12.9. The lowest BCUT2D eigenvalue weighted by atomic mass is 9.97. The van der Waals surface area contributed by atoms with Gasteiger partial charge in [-0.25, -0.2) is 0 Å². The number of aromatic nitrogens is 2. The van der Waals surface area contributed by atoms with Gasteiger partial charge in [-0.2, -0.15) is 5.10 Å². The first-order valence-corrected chi connectivity index (χ1v) is 10.0. The zero-order valence-electron chi connectivity index (χ0n) is 16.1. The fraction of sp³-hybridized carbons (Fsp3) is 0.217. The van der Waals surface area contributed by atoms with Gasteiger partial charge in [-0.15, -0.1) is 0 Å². The van der Waals surface area contributed by atoms with E-state index in [1.165, 1.54) is 11.1 Å². The molecule has 0 aliphatic carbocycles. The van der Waals surface area contributed by atoms with Crippen molar-refractivity contribution in [3.63, 3.8) is 0 Å². The van der Waals surface area contributed by atoms with Crippen molar-refractivity contribution in [1.29, 1.82) is 0 Å². The summed E-state index contributed by atoms with van der Waals surface area (Å²) in [5, 5.41) is 6.90. The number of hydrogen-bond acceptors (Lipinski definition) is 4. The monoisotopic (exact) mass is 398 g/mol. The van der Waals surface area contributed by atoms with E-state index >= 15 is 0 Å². The summed E-state index contributed by atoms with van der Waals surface area (Å²) in [6.07, 6.45) is 2.50. The molecular formula is C23H18N4O3. The number of carbonyl (C=O) groups excluding carboxylic acids is 3. The summed E-state index contributed by atoms with van der Waals surface area (Å²) in [5.74, 6) is -0.826. The normalized spacial score (nSPS) is 19.5.